The van der Waals surface area contributed by atoms with Crippen LogP contribution in [0.2, 0.25) is 0 Å². The number of aryl methyl sites for hydroxylation is 1. The molecule has 0 amide bonds. The van der Waals surface area contributed by atoms with Gasteiger partial charge in [0, 0.05) is 4.88 Å². The van der Waals surface area contributed by atoms with Gasteiger partial charge in [-0.1, -0.05) is 37.3 Å². The molecule has 1 atom stereocenters. The van der Waals surface area contributed by atoms with Crippen molar-refractivity contribution < 1.29 is 4.74 Å². The largest absolute Gasteiger partial charge is 0.457 e. The molecule has 0 saturated heterocycles. The van der Waals surface area contributed by atoms with Crippen LogP contribution in [-0.4, -0.2) is 4.98 Å². The van der Waals surface area contributed by atoms with Gasteiger partial charge in [-0.3, -0.25) is 0 Å². The highest BCUT2D eigenvalue weighted by Crippen LogP contribution is 2.33. The van der Waals surface area contributed by atoms with Gasteiger partial charge < -0.3 is 4.74 Å². The van der Waals surface area contributed by atoms with E-state index in [-0.39, 0.29) is 0 Å². The second kappa shape index (κ2) is 7.77. The first-order valence-electron chi connectivity index (χ1n) is 9.15. The van der Waals surface area contributed by atoms with Crippen molar-refractivity contribution in [3.05, 3.63) is 75.7 Å². The summed E-state index contributed by atoms with van der Waals surface area (Å²) in [7, 11) is 0. The Balaban J connectivity index is 1.60. The first kappa shape index (κ1) is 17.5. The summed E-state index contributed by atoms with van der Waals surface area (Å²) in [5.74, 6) is 2.24. The molecule has 1 unspecified atom stereocenters. The fourth-order valence-electron chi connectivity index (χ4n) is 3.26. The molecular weight excluding hydrogens is 352 g/mol. The maximum atomic E-state index is 9.68. The minimum Gasteiger partial charge on any atom is -0.457 e. The number of rotatable bonds is 4. The maximum Gasteiger partial charge on any atom is 0.134 e. The number of allylic oxidation sites excluding steroid dienone is 1. The van der Waals surface area contributed by atoms with Crippen molar-refractivity contribution in [1.29, 1.82) is 5.26 Å². The number of hydrogen-bond acceptors (Lipinski definition) is 4. The van der Waals surface area contributed by atoms with Crippen molar-refractivity contribution in [3.63, 3.8) is 0 Å². The van der Waals surface area contributed by atoms with Gasteiger partial charge in [-0.2, -0.15) is 5.26 Å². The summed E-state index contributed by atoms with van der Waals surface area (Å²) in [6.45, 7) is 2.28. The molecule has 1 heterocycles. The van der Waals surface area contributed by atoms with E-state index < -0.39 is 0 Å². The number of benzene rings is 2. The highest BCUT2D eigenvalue weighted by Gasteiger charge is 2.21. The van der Waals surface area contributed by atoms with E-state index >= 15 is 0 Å². The molecule has 0 saturated carbocycles. The van der Waals surface area contributed by atoms with E-state index in [0.717, 1.165) is 34.9 Å². The quantitative estimate of drug-likeness (QED) is 0.518. The number of fused-ring (bicyclic) bond motifs is 1. The normalized spacial score (nSPS) is 16.4. The van der Waals surface area contributed by atoms with Gasteiger partial charge in [0.15, 0.2) is 0 Å². The van der Waals surface area contributed by atoms with Crippen molar-refractivity contribution in [1.82, 2.24) is 4.98 Å². The third-order valence-corrected chi connectivity index (χ3v) is 5.84. The molecule has 3 aromatic rings. The number of hydrogen-bond donors (Lipinski definition) is 0. The summed E-state index contributed by atoms with van der Waals surface area (Å²) in [6, 6.07) is 19.8. The minimum absolute atomic E-state index is 0.610. The lowest BCUT2D eigenvalue weighted by atomic mass is 9.93. The molecule has 0 bridgehead atoms. The third kappa shape index (κ3) is 4.10. The summed E-state index contributed by atoms with van der Waals surface area (Å²) in [5, 5.41) is 10.5. The fourth-order valence-corrected chi connectivity index (χ4v) is 4.49. The van der Waals surface area contributed by atoms with Crippen LogP contribution < -0.4 is 4.74 Å². The molecule has 0 fully saturated rings. The molecule has 4 rings (SSSR count). The second-order valence-electron chi connectivity index (χ2n) is 6.89. The summed E-state index contributed by atoms with van der Waals surface area (Å²) in [4.78, 5) is 6.08. The molecule has 4 heteroatoms. The van der Waals surface area contributed by atoms with E-state index in [0.29, 0.717) is 11.5 Å². The second-order valence-corrected chi connectivity index (χ2v) is 7.98. The third-order valence-electron chi connectivity index (χ3n) is 4.68. The van der Waals surface area contributed by atoms with Gasteiger partial charge >= 0.3 is 0 Å². The summed E-state index contributed by atoms with van der Waals surface area (Å²) in [6.07, 6.45) is 5.17. The minimum atomic E-state index is 0.610. The Morgan fingerprint density at radius 2 is 2.00 bits per heavy atom. The van der Waals surface area contributed by atoms with Crippen molar-refractivity contribution in [2.45, 2.75) is 26.2 Å². The number of ether oxygens (including phenoxy) is 1. The summed E-state index contributed by atoms with van der Waals surface area (Å²) >= 11 is 1.66. The number of thiazole rings is 1. The van der Waals surface area contributed by atoms with Gasteiger partial charge in [-0.25, -0.2) is 4.98 Å². The zero-order valence-electron chi connectivity index (χ0n) is 15.2. The van der Waals surface area contributed by atoms with Crippen LogP contribution in [-0.2, 0) is 12.8 Å². The average Bonchev–Trinajstić information content (AvgIpc) is 3.10. The standard InChI is InChI=1S/C23H20N2OS/c1-16-10-11-21-22(12-16)27-23(25-21)18(15-24)13-17-6-5-9-20(14-17)26-19-7-3-2-4-8-19/h2-9,13-14,16H,10-12H2,1H3. The SMILES string of the molecule is CC1CCc2nc(C(C#N)=Cc3cccc(Oc4ccccc4)c3)sc2C1. The molecule has 27 heavy (non-hydrogen) atoms. The average molecular weight is 372 g/mol. The van der Waals surface area contributed by atoms with E-state index in [9.17, 15) is 5.26 Å². The smallest absolute Gasteiger partial charge is 0.134 e. The highest BCUT2D eigenvalue weighted by molar-refractivity contribution is 7.13. The van der Waals surface area contributed by atoms with E-state index in [1.54, 1.807) is 11.3 Å². The molecule has 3 nitrogen and oxygen atoms in total. The molecule has 1 aromatic heterocycles. The van der Waals surface area contributed by atoms with Crippen LogP contribution >= 0.6 is 11.3 Å². The Labute approximate surface area is 163 Å². The van der Waals surface area contributed by atoms with Crippen LogP contribution in [0.25, 0.3) is 11.6 Å². The lowest BCUT2D eigenvalue weighted by molar-refractivity contribution is 0.482. The van der Waals surface area contributed by atoms with Gasteiger partial charge in [0.1, 0.15) is 22.6 Å². The van der Waals surface area contributed by atoms with Crippen molar-refractivity contribution in [2.75, 3.05) is 0 Å². The predicted octanol–water partition coefficient (Wildman–Crippen LogP) is 6.12. The Bertz CT molecular complexity index is 1010. The number of nitriles is 1. The monoisotopic (exact) mass is 372 g/mol. The molecule has 0 radical (unpaired) electrons. The Morgan fingerprint density at radius 1 is 1.19 bits per heavy atom. The van der Waals surface area contributed by atoms with Gasteiger partial charge in [0.25, 0.3) is 0 Å². The van der Waals surface area contributed by atoms with Crippen molar-refractivity contribution in [2.24, 2.45) is 5.92 Å². The lowest BCUT2D eigenvalue weighted by Gasteiger charge is -2.15. The van der Waals surface area contributed by atoms with Crippen LogP contribution in [0.1, 0.15) is 34.5 Å². The van der Waals surface area contributed by atoms with E-state index in [1.165, 1.54) is 17.0 Å². The highest BCUT2D eigenvalue weighted by atomic mass is 32.1. The molecule has 1 aliphatic rings. The van der Waals surface area contributed by atoms with Crippen LogP contribution in [0.3, 0.4) is 0 Å². The topological polar surface area (TPSA) is 45.9 Å². The molecule has 0 N–H and O–H groups in total. The molecular formula is C23H20N2OS. The number of aromatic nitrogens is 1. The summed E-state index contributed by atoms with van der Waals surface area (Å²) < 4.78 is 5.89. The summed E-state index contributed by atoms with van der Waals surface area (Å²) in [5.41, 5.74) is 2.72. The Kier molecular flexibility index (Phi) is 5.04. The van der Waals surface area contributed by atoms with Gasteiger partial charge in [-0.05, 0) is 61.1 Å². The first-order valence-corrected chi connectivity index (χ1v) is 9.96. The number of nitrogens with zero attached hydrogens (tertiary/aromatic N) is 2. The van der Waals surface area contributed by atoms with Gasteiger partial charge in [0.05, 0.1) is 11.3 Å². The van der Waals surface area contributed by atoms with Gasteiger partial charge in [-0.15, -0.1) is 11.3 Å². The van der Waals surface area contributed by atoms with Crippen molar-refractivity contribution in [3.8, 4) is 17.6 Å². The molecule has 0 aliphatic heterocycles. The van der Waals surface area contributed by atoms with Crippen LogP contribution in [0.15, 0.2) is 54.6 Å². The Hall–Kier alpha value is -2.90. The number of para-hydroxylation sites is 1. The van der Waals surface area contributed by atoms with Crippen LogP contribution in [0.5, 0.6) is 11.5 Å². The lowest BCUT2D eigenvalue weighted by Crippen LogP contribution is -2.09. The maximum absolute atomic E-state index is 9.68. The van der Waals surface area contributed by atoms with E-state index in [4.69, 9.17) is 9.72 Å². The molecule has 1 aliphatic carbocycles. The van der Waals surface area contributed by atoms with Crippen LogP contribution in [0, 0.1) is 17.2 Å². The molecule has 0 spiro atoms. The zero-order chi connectivity index (χ0) is 18.6. The fraction of sp³-hybridized carbons (Fsp3) is 0.217. The predicted molar refractivity (Wildman–Crippen MR) is 110 cm³/mol. The van der Waals surface area contributed by atoms with E-state index in [2.05, 4.69) is 13.0 Å². The molecule has 2 aromatic carbocycles. The zero-order valence-corrected chi connectivity index (χ0v) is 16.0. The first-order chi connectivity index (χ1) is 13.2. The van der Waals surface area contributed by atoms with Gasteiger partial charge in [0.2, 0.25) is 0 Å². The molecule has 134 valence electrons. The Morgan fingerprint density at radius 3 is 2.81 bits per heavy atom. The van der Waals surface area contributed by atoms with E-state index in [1.807, 2.05) is 60.7 Å². The van der Waals surface area contributed by atoms with Crippen molar-refractivity contribution >= 4 is 23.0 Å². The van der Waals surface area contributed by atoms with Crippen LogP contribution in [0.4, 0.5) is 0 Å².